The van der Waals surface area contributed by atoms with E-state index in [1.807, 2.05) is 10.9 Å². The van der Waals surface area contributed by atoms with E-state index in [9.17, 15) is 0 Å². The fourth-order valence-corrected chi connectivity index (χ4v) is 2.12. The summed E-state index contributed by atoms with van der Waals surface area (Å²) in [7, 11) is 2.16. The summed E-state index contributed by atoms with van der Waals surface area (Å²) < 4.78 is 2.89. The van der Waals surface area contributed by atoms with Gasteiger partial charge in [0.25, 0.3) is 0 Å². The third-order valence-electron chi connectivity index (χ3n) is 2.78. The normalized spacial score (nSPS) is 20.1. The summed E-state index contributed by atoms with van der Waals surface area (Å²) in [5.74, 6) is 0.587. The molecule has 0 aromatic carbocycles. The monoisotopic (exact) mass is 258 g/mol. The summed E-state index contributed by atoms with van der Waals surface area (Å²) in [6, 6.07) is 0.514. The highest BCUT2D eigenvalue weighted by Crippen LogP contribution is 2.25. The highest BCUT2D eigenvalue weighted by molar-refractivity contribution is 9.10. The molecule has 0 atom stereocenters. The van der Waals surface area contributed by atoms with Crippen LogP contribution in [0.5, 0.6) is 0 Å². The first-order valence-electron chi connectivity index (χ1n) is 4.85. The SMILES string of the molecule is CN1CCC(n2cc(Br)c(N)n2)CC1. The maximum atomic E-state index is 5.69. The molecular formula is C9H15BrN4. The number of anilines is 1. The highest BCUT2D eigenvalue weighted by atomic mass is 79.9. The maximum absolute atomic E-state index is 5.69. The van der Waals surface area contributed by atoms with E-state index < -0.39 is 0 Å². The smallest absolute Gasteiger partial charge is 0.159 e. The molecule has 2 N–H and O–H groups in total. The van der Waals surface area contributed by atoms with Gasteiger partial charge in [0.2, 0.25) is 0 Å². The van der Waals surface area contributed by atoms with Crippen LogP contribution < -0.4 is 5.73 Å². The lowest BCUT2D eigenvalue weighted by molar-refractivity contribution is 0.212. The predicted molar refractivity (Wildman–Crippen MR) is 60.1 cm³/mol. The summed E-state index contributed by atoms with van der Waals surface area (Å²) in [4.78, 5) is 2.35. The lowest BCUT2D eigenvalue weighted by atomic mass is 10.1. The van der Waals surface area contributed by atoms with Crippen molar-refractivity contribution in [2.45, 2.75) is 18.9 Å². The van der Waals surface area contributed by atoms with Crippen LogP contribution in [0.2, 0.25) is 0 Å². The molecule has 2 heterocycles. The lowest BCUT2D eigenvalue weighted by Gasteiger charge is -2.28. The van der Waals surface area contributed by atoms with Crippen molar-refractivity contribution in [2.75, 3.05) is 25.9 Å². The van der Waals surface area contributed by atoms with Crippen LogP contribution in [-0.2, 0) is 0 Å². The molecule has 0 bridgehead atoms. The molecule has 5 heteroatoms. The first-order chi connectivity index (χ1) is 6.66. The fourth-order valence-electron chi connectivity index (χ4n) is 1.83. The summed E-state index contributed by atoms with van der Waals surface area (Å²) in [5.41, 5.74) is 5.69. The Balaban J connectivity index is 2.08. The number of halogens is 1. The average molecular weight is 259 g/mol. The largest absolute Gasteiger partial charge is 0.381 e. The van der Waals surface area contributed by atoms with Crippen LogP contribution in [0.4, 0.5) is 5.82 Å². The van der Waals surface area contributed by atoms with Crippen LogP contribution in [0.3, 0.4) is 0 Å². The molecule has 0 aliphatic carbocycles. The minimum atomic E-state index is 0.514. The van der Waals surface area contributed by atoms with Gasteiger partial charge in [0, 0.05) is 6.20 Å². The zero-order chi connectivity index (χ0) is 10.1. The number of nitrogens with zero attached hydrogens (tertiary/aromatic N) is 3. The Morgan fingerprint density at radius 2 is 2.14 bits per heavy atom. The van der Waals surface area contributed by atoms with Gasteiger partial charge >= 0.3 is 0 Å². The molecule has 2 rings (SSSR count). The van der Waals surface area contributed by atoms with E-state index in [4.69, 9.17) is 5.73 Å². The van der Waals surface area contributed by atoms with Crippen molar-refractivity contribution >= 4 is 21.7 Å². The van der Waals surface area contributed by atoms with Crippen molar-refractivity contribution in [1.29, 1.82) is 0 Å². The van der Waals surface area contributed by atoms with Gasteiger partial charge in [-0.1, -0.05) is 0 Å². The van der Waals surface area contributed by atoms with E-state index >= 15 is 0 Å². The minimum Gasteiger partial charge on any atom is -0.381 e. The Bertz CT molecular complexity index is 295. The molecular weight excluding hydrogens is 244 g/mol. The second-order valence-electron chi connectivity index (χ2n) is 3.88. The van der Waals surface area contributed by atoms with Crippen molar-refractivity contribution in [3.63, 3.8) is 0 Å². The standard InChI is InChI=1S/C9H15BrN4/c1-13-4-2-7(3-5-13)14-6-8(10)9(11)12-14/h6-7H,2-5H2,1H3,(H2,11,12). The zero-order valence-electron chi connectivity index (χ0n) is 8.28. The van der Waals surface area contributed by atoms with E-state index in [1.165, 1.54) is 0 Å². The van der Waals surface area contributed by atoms with Crippen LogP contribution in [0.15, 0.2) is 10.7 Å². The van der Waals surface area contributed by atoms with Crippen molar-refractivity contribution < 1.29 is 0 Å². The van der Waals surface area contributed by atoms with Crippen LogP contribution in [-0.4, -0.2) is 34.8 Å². The van der Waals surface area contributed by atoms with E-state index in [0.29, 0.717) is 11.9 Å². The number of aromatic nitrogens is 2. The molecule has 0 unspecified atom stereocenters. The number of nitrogens with two attached hydrogens (primary N) is 1. The van der Waals surface area contributed by atoms with E-state index in [1.54, 1.807) is 0 Å². The number of nitrogen functional groups attached to an aromatic ring is 1. The molecule has 0 saturated carbocycles. The van der Waals surface area contributed by atoms with Gasteiger partial charge < -0.3 is 10.6 Å². The van der Waals surface area contributed by atoms with E-state index in [-0.39, 0.29) is 0 Å². The Morgan fingerprint density at radius 1 is 1.50 bits per heavy atom. The summed E-state index contributed by atoms with van der Waals surface area (Å²) in [5, 5.41) is 4.29. The molecule has 1 aromatic heterocycles. The Morgan fingerprint density at radius 3 is 2.64 bits per heavy atom. The van der Waals surface area contributed by atoms with Crippen molar-refractivity contribution in [3.05, 3.63) is 10.7 Å². The highest BCUT2D eigenvalue weighted by Gasteiger charge is 2.19. The van der Waals surface area contributed by atoms with Crippen molar-refractivity contribution in [2.24, 2.45) is 0 Å². The van der Waals surface area contributed by atoms with E-state index in [2.05, 4.69) is 33.0 Å². The predicted octanol–water partition coefficient (Wildman–Crippen LogP) is 1.49. The summed E-state index contributed by atoms with van der Waals surface area (Å²) in [6.07, 6.45) is 4.29. The Kier molecular flexibility index (Phi) is 2.78. The Labute approximate surface area is 92.2 Å². The number of hydrogen-bond acceptors (Lipinski definition) is 3. The second kappa shape index (κ2) is 3.90. The van der Waals surface area contributed by atoms with Gasteiger partial charge in [-0.15, -0.1) is 0 Å². The maximum Gasteiger partial charge on any atom is 0.159 e. The molecule has 1 saturated heterocycles. The van der Waals surface area contributed by atoms with Crippen molar-refractivity contribution in [1.82, 2.24) is 14.7 Å². The third kappa shape index (κ3) is 1.93. The molecule has 78 valence electrons. The minimum absolute atomic E-state index is 0.514. The van der Waals surface area contributed by atoms with Gasteiger partial charge in [0.15, 0.2) is 5.82 Å². The molecule has 0 amide bonds. The van der Waals surface area contributed by atoms with Gasteiger partial charge in [0.1, 0.15) is 0 Å². The Hall–Kier alpha value is -0.550. The first kappa shape index (κ1) is 9.98. The van der Waals surface area contributed by atoms with Crippen LogP contribution >= 0.6 is 15.9 Å². The van der Waals surface area contributed by atoms with Gasteiger partial charge in [0.05, 0.1) is 10.5 Å². The van der Waals surface area contributed by atoms with Gasteiger partial charge in [-0.25, -0.2) is 0 Å². The molecule has 0 radical (unpaired) electrons. The van der Waals surface area contributed by atoms with Gasteiger partial charge in [-0.05, 0) is 48.9 Å². The van der Waals surface area contributed by atoms with Gasteiger partial charge in [-0.3, -0.25) is 4.68 Å². The van der Waals surface area contributed by atoms with E-state index in [0.717, 1.165) is 30.4 Å². The zero-order valence-corrected chi connectivity index (χ0v) is 9.87. The number of rotatable bonds is 1. The van der Waals surface area contributed by atoms with Crippen molar-refractivity contribution in [3.8, 4) is 0 Å². The fraction of sp³-hybridized carbons (Fsp3) is 0.667. The lowest BCUT2D eigenvalue weighted by Crippen LogP contribution is -2.31. The summed E-state index contributed by atoms with van der Waals surface area (Å²) >= 11 is 3.38. The summed E-state index contributed by atoms with van der Waals surface area (Å²) in [6.45, 7) is 2.28. The molecule has 14 heavy (non-hydrogen) atoms. The molecule has 1 fully saturated rings. The molecule has 4 nitrogen and oxygen atoms in total. The molecule has 1 aliphatic rings. The second-order valence-corrected chi connectivity index (χ2v) is 4.73. The molecule has 1 aliphatic heterocycles. The topological polar surface area (TPSA) is 47.1 Å². The van der Waals surface area contributed by atoms with Crippen LogP contribution in [0.25, 0.3) is 0 Å². The third-order valence-corrected chi connectivity index (χ3v) is 3.39. The number of piperidine rings is 1. The number of likely N-dealkylation sites (tertiary alicyclic amines) is 1. The van der Waals surface area contributed by atoms with Crippen LogP contribution in [0, 0.1) is 0 Å². The number of hydrogen-bond donors (Lipinski definition) is 1. The molecule has 0 spiro atoms. The molecule has 1 aromatic rings. The first-order valence-corrected chi connectivity index (χ1v) is 5.65. The van der Waals surface area contributed by atoms with Crippen LogP contribution in [0.1, 0.15) is 18.9 Å². The quantitative estimate of drug-likeness (QED) is 0.831. The average Bonchev–Trinajstić information content (AvgIpc) is 2.48. The van der Waals surface area contributed by atoms with Gasteiger partial charge in [-0.2, -0.15) is 5.10 Å².